The van der Waals surface area contributed by atoms with Crippen LogP contribution in [0.2, 0.25) is 0 Å². The predicted molar refractivity (Wildman–Crippen MR) is 117 cm³/mol. The van der Waals surface area contributed by atoms with E-state index in [2.05, 4.69) is 20.4 Å². The Morgan fingerprint density at radius 2 is 2.07 bits per heavy atom. The highest BCUT2D eigenvalue weighted by atomic mass is 32.1. The molecule has 0 unspecified atom stereocenters. The SMILES string of the molecule is Cc1nc(-c2cccs2)sc1-c1ccc(=O)n(CCNC(=O)c2ccc(=O)[nH]c2)n1. The second-order valence-corrected chi connectivity index (χ2v) is 8.34. The van der Waals surface area contributed by atoms with Crippen LogP contribution in [0.25, 0.3) is 20.5 Å². The molecule has 0 aliphatic rings. The highest BCUT2D eigenvalue weighted by molar-refractivity contribution is 7.23. The van der Waals surface area contributed by atoms with Gasteiger partial charge in [0.1, 0.15) is 10.7 Å². The van der Waals surface area contributed by atoms with Crippen LogP contribution < -0.4 is 16.4 Å². The summed E-state index contributed by atoms with van der Waals surface area (Å²) in [6.45, 7) is 2.36. The quantitative estimate of drug-likeness (QED) is 0.480. The van der Waals surface area contributed by atoms with Crippen molar-refractivity contribution in [2.24, 2.45) is 0 Å². The Morgan fingerprint density at radius 3 is 2.80 bits per heavy atom. The summed E-state index contributed by atoms with van der Waals surface area (Å²) in [5.74, 6) is -0.339. The number of H-pyrrole nitrogens is 1. The van der Waals surface area contributed by atoms with Gasteiger partial charge >= 0.3 is 0 Å². The summed E-state index contributed by atoms with van der Waals surface area (Å²) >= 11 is 3.16. The van der Waals surface area contributed by atoms with Crippen LogP contribution in [0.3, 0.4) is 0 Å². The van der Waals surface area contributed by atoms with E-state index < -0.39 is 0 Å². The van der Waals surface area contributed by atoms with E-state index in [1.165, 1.54) is 40.4 Å². The van der Waals surface area contributed by atoms with E-state index in [0.29, 0.717) is 11.3 Å². The van der Waals surface area contributed by atoms with Crippen LogP contribution in [-0.4, -0.2) is 32.2 Å². The topological polar surface area (TPSA) is 110 Å². The van der Waals surface area contributed by atoms with Crippen molar-refractivity contribution in [3.8, 4) is 20.5 Å². The standard InChI is InChI=1S/C20H17N5O3S2/c1-12-18(30-20(23-12)15-3-2-10-29-15)14-5-7-17(27)25(24-14)9-8-21-19(28)13-4-6-16(26)22-11-13/h2-7,10-11H,8-9H2,1H3,(H,21,28)(H,22,26). The molecule has 0 radical (unpaired) electrons. The van der Waals surface area contributed by atoms with Gasteiger partial charge in [0.15, 0.2) is 0 Å². The van der Waals surface area contributed by atoms with E-state index >= 15 is 0 Å². The number of thiophene rings is 1. The molecule has 0 saturated carbocycles. The van der Waals surface area contributed by atoms with Gasteiger partial charge in [0.2, 0.25) is 5.56 Å². The summed E-state index contributed by atoms with van der Waals surface area (Å²) in [5, 5.41) is 10.1. The van der Waals surface area contributed by atoms with Crippen LogP contribution >= 0.6 is 22.7 Å². The van der Waals surface area contributed by atoms with Crippen molar-refractivity contribution >= 4 is 28.6 Å². The number of hydrogen-bond donors (Lipinski definition) is 2. The fraction of sp³-hybridized carbons (Fsp3) is 0.150. The van der Waals surface area contributed by atoms with Crippen molar-refractivity contribution in [3.05, 3.63) is 79.9 Å². The number of nitrogens with zero attached hydrogens (tertiary/aromatic N) is 3. The number of aryl methyl sites for hydroxylation is 1. The van der Waals surface area contributed by atoms with E-state index in [1.807, 2.05) is 24.4 Å². The average molecular weight is 440 g/mol. The van der Waals surface area contributed by atoms with Gasteiger partial charge in [-0.2, -0.15) is 5.10 Å². The fourth-order valence-electron chi connectivity index (χ4n) is 2.80. The minimum absolute atomic E-state index is 0.219. The van der Waals surface area contributed by atoms with E-state index in [-0.39, 0.29) is 30.1 Å². The predicted octanol–water partition coefficient (Wildman–Crippen LogP) is 2.52. The van der Waals surface area contributed by atoms with Crippen molar-refractivity contribution < 1.29 is 4.79 Å². The summed E-state index contributed by atoms with van der Waals surface area (Å²) in [6, 6.07) is 9.89. The van der Waals surface area contributed by atoms with Gasteiger partial charge in [-0.25, -0.2) is 9.67 Å². The molecule has 30 heavy (non-hydrogen) atoms. The molecule has 4 aromatic heterocycles. The third-order valence-corrected chi connectivity index (χ3v) is 6.50. The zero-order chi connectivity index (χ0) is 21.1. The molecule has 0 aromatic carbocycles. The summed E-state index contributed by atoms with van der Waals surface area (Å²) in [6.07, 6.45) is 1.35. The molecule has 0 atom stereocenters. The first-order chi connectivity index (χ1) is 14.5. The summed E-state index contributed by atoms with van der Waals surface area (Å²) < 4.78 is 1.33. The Balaban J connectivity index is 1.49. The number of carbonyl (C=O) groups excluding carboxylic acids is 1. The largest absolute Gasteiger partial charge is 0.350 e. The maximum Gasteiger partial charge on any atom is 0.266 e. The molecule has 0 spiro atoms. The molecule has 0 aliphatic carbocycles. The normalized spacial score (nSPS) is 10.8. The maximum absolute atomic E-state index is 12.2. The number of thiazole rings is 1. The Hall–Kier alpha value is -3.37. The van der Waals surface area contributed by atoms with Crippen molar-refractivity contribution in [1.29, 1.82) is 0 Å². The first kappa shape index (κ1) is 19.9. The number of amides is 1. The molecule has 4 heterocycles. The number of rotatable bonds is 6. The minimum atomic E-state index is -0.339. The van der Waals surface area contributed by atoms with Gasteiger partial charge in [0, 0.05) is 24.9 Å². The van der Waals surface area contributed by atoms with Crippen LogP contribution in [0, 0.1) is 6.92 Å². The first-order valence-corrected chi connectivity index (χ1v) is 10.8. The van der Waals surface area contributed by atoms with Crippen LogP contribution in [0.5, 0.6) is 0 Å². The van der Waals surface area contributed by atoms with Crippen LogP contribution in [0.1, 0.15) is 16.1 Å². The minimum Gasteiger partial charge on any atom is -0.350 e. The zero-order valence-corrected chi connectivity index (χ0v) is 17.5. The van der Waals surface area contributed by atoms with Crippen molar-refractivity contribution in [3.63, 3.8) is 0 Å². The first-order valence-electron chi connectivity index (χ1n) is 9.08. The highest BCUT2D eigenvalue weighted by Gasteiger charge is 2.14. The lowest BCUT2D eigenvalue weighted by molar-refractivity contribution is 0.0951. The van der Waals surface area contributed by atoms with Crippen molar-refractivity contribution in [1.82, 2.24) is 25.1 Å². The summed E-state index contributed by atoms with van der Waals surface area (Å²) in [5.41, 5.74) is 1.33. The lowest BCUT2D eigenvalue weighted by atomic mass is 10.2. The van der Waals surface area contributed by atoms with Gasteiger partial charge in [-0.3, -0.25) is 14.4 Å². The summed E-state index contributed by atoms with van der Waals surface area (Å²) in [4.78, 5) is 44.5. The molecule has 0 fully saturated rings. The van der Waals surface area contributed by atoms with Gasteiger partial charge in [0.05, 0.1) is 27.6 Å². The van der Waals surface area contributed by atoms with Gasteiger partial charge in [-0.1, -0.05) is 6.07 Å². The van der Waals surface area contributed by atoms with E-state index in [0.717, 1.165) is 20.5 Å². The number of hydrogen-bond acceptors (Lipinski definition) is 7. The number of carbonyl (C=O) groups is 1. The molecule has 0 aliphatic heterocycles. The Bertz CT molecular complexity index is 1280. The van der Waals surface area contributed by atoms with Crippen LogP contribution in [0.4, 0.5) is 0 Å². The van der Waals surface area contributed by atoms with E-state index in [9.17, 15) is 14.4 Å². The highest BCUT2D eigenvalue weighted by Crippen LogP contribution is 2.35. The van der Waals surface area contributed by atoms with E-state index in [1.54, 1.807) is 17.4 Å². The van der Waals surface area contributed by atoms with Crippen molar-refractivity contribution in [2.75, 3.05) is 6.54 Å². The molecule has 4 rings (SSSR count). The van der Waals surface area contributed by atoms with Gasteiger partial charge in [-0.15, -0.1) is 22.7 Å². The van der Waals surface area contributed by atoms with Gasteiger partial charge in [-0.05, 0) is 30.5 Å². The number of aromatic amines is 1. The van der Waals surface area contributed by atoms with E-state index in [4.69, 9.17) is 0 Å². The fourth-order valence-corrected chi connectivity index (χ4v) is 4.63. The van der Waals surface area contributed by atoms with Crippen molar-refractivity contribution in [2.45, 2.75) is 13.5 Å². The second kappa shape index (κ2) is 8.56. The molecular weight excluding hydrogens is 422 g/mol. The lowest BCUT2D eigenvalue weighted by Gasteiger charge is -2.08. The summed E-state index contributed by atoms with van der Waals surface area (Å²) in [7, 11) is 0. The number of nitrogens with one attached hydrogen (secondary N) is 2. The third kappa shape index (κ3) is 4.29. The molecule has 0 bridgehead atoms. The molecule has 0 saturated heterocycles. The smallest absolute Gasteiger partial charge is 0.266 e. The molecule has 2 N–H and O–H groups in total. The molecule has 152 valence electrons. The monoisotopic (exact) mass is 439 g/mol. The third-order valence-electron chi connectivity index (χ3n) is 4.28. The number of aromatic nitrogens is 4. The van der Waals surface area contributed by atoms with Crippen LogP contribution in [-0.2, 0) is 6.54 Å². The lowest BCUT2D eigenvalue weighted by Crippen LogP contribution is -2.32. The maximum atomic E-state index is 12.2. The molecule has 1 amide bonds. The Kier molecular flexibility index (Phi) is 5.68. The second-order valence-electron chi connectivity index (χ2n) is 6.39. The average Bonchev–Trinajstić information content (AvgIpc) is 3.40. The Morgan fingerprint density at radius 1 is 1.20 bits per heavy atom. The molecular formula is C20H17N5O3S2. The molecule has 4 aromatic rings. The molecule has 10 heteroatoms. The Labute approximate surface area is 178 Å². The van der Waals surface area contributed by atoms with Gasteiger partial charge < -0.3 is 10.3 Å². The number of pyridine rings is 1. The zero-order valence-electron chi connectivity index (χ0n) is 15.9. The van der Waals surface area contributed by atoms with Gasteiger partial charge in [0.25, 0.3) is 11.5 Å². The molecule has 8 nitrogen and oxygen atoms in total. The van der Waals surface area contributed by atoms with Crippen LogP contribution in [0.15, 0.2) is 57.6 Å².